The molecule has 14 heteroatoms. The minimum Gasteiger partial charge on any atom is -0.462 e. The molecule has 46 heavy (non-hydrogen) atoms. The van der Waals surface area contributed by atoms with Gasteiger partial charge in [-0.3, -0.25) is 23.7 Å². The maximum absolute atomic E-state index is 13.9. The molecule has 4 aromatic rings. The van der Waals surface area contributed by atoms with Gasteiger partial charge in [-0.25, -0.2) is 9.69 Å². The van der Waals surface area contributed by atoms with Crippen LogP contribution >= 0.6 is 23.1 Å². The van der Waals surface area contributed by atoms with Crippen molar-refractivity contribution in [3.63, 3.8) is 0 Å². The Kier molecular flexibility index (Phi) is 8.33. The van der Waals surface area contributed by atoms with E-state index in [1.54, 1.807) is 37.3 Å². The summed E-state index contributed by atoms with van der Waals surface area (Å²) in [5, 5.41) is 1.82. The number of hydrogen-bond donors (Lipinski definition) is 1. The first-order chi connectivity index (χ1) is 22.0. The van der Waals surface area contributed by atoms with Crippen molar-refractivity contribution >= 4 is 58.2 Å². The van der Waals surface area contributed by atoms with E-state index >= 15 is 0 Å². The number of esters is 1. The predicted octanol–water partition coefficient (Wildman–Crippen LogP) is 5.54. The van der Waals surface area contributed by atoms with Crippen LogP contribution in [-0.2, 0) is 31.8 Å². The van der Waals surface area contributed by atoms with E-state index < -0.39 is 69.6 Å². The summed E-state index contributed by atoms with van der Waals surface area (Å²) in [5.41, 5.74) is -0.411. The van der Waals surface area contributed by atoms with E-state index in [1.807, 2.05) is 0 Å². The number of anilines is 2. The highest BCUT2D eigenvalue weighted by Gasteiger charge is 2.57. The van der Waals surface area contributed by atoms with Crippen LogP contribution in [0, 0.1) is 5.92 Å². The monoisotopic (exact) mass is 667 g/mol. The third kappa shape index (κ3) is 5.62. The number of carbonyl (C=O) groups is 4. The minimum atomic E-state index is -4.82. The van der Waals surface area contributed by atoms with Crippen LogP contribution in [0.1, 0.15) is 39.2 Å². The number of para-hydroxylation sites is 1. The van der Waals surface area contributed by atoms with Crippen LogP contribution in [-0.4, -0.2) is 40.1 Å². The highest BCUT2D eigenvalue weighted by molar-refractivity contribution is 8.00. The fourth-order valence-electron chi connectivity index (χ4n) is 5.67. The zero-order valence-corrected chi connectivity index (χ0v) is 25.6. The minimum absolute atomic E-state index is 0.209. The molecule has 6 rings (SSSR count). The van der Waals surface area contributed by atoms with Crippen molar-refractivity contribution in [1.82, 2.24) is 4.57 Å². The number of benzene rings is 3. The molecule has 0 bridgehead atoms. The SMILES string of the molecule is CCOC(=O)c1ccc(NC(=O)Cn2c3c(sc2=O)C(c2ccccc2)C2C(=O)N(c4ccccc4C(F)(F)F)C(=O)C2S3)cc1. The summed E-state index contributed by atoms with van der Waals surface area (Å²) >= 11 is 1.73. The molecule has 0 spiro atoms. The Morgan fingerprint density at radius 1 is 0.913 bits per heavy atom. The van der Waals surface area contributed by atoms with E-state index in [4.69, 9.17) is 4.74 Å². The molecular weight excluding hydrogens is 643 g/mol. The molecule has 1 N–H and O–H groups in total. The molecule has 3 atom stereocenters. The van der Waals surface area contributed by atoms with E-state index in [2.05, 4.69) is 5.32 Å². The number of hydrogen-bond acceptors (Lipinski definition) is 8. The van der Waals surface area contributed by atoms with Gasteiger partial charge in [0.05, 0.1) is 34.4 Å². The maximum Gasteiger partial charge on any atom is 0.418 e. The van der Waals surface area contributed by atoms with Crippen LogP contribution in [0.4, 0.5) is 24.5 Å². The van der Waals surface area contributed by atoms with Crippen molar-refractivity contribution in [3.8, 4) is 0 Å². The number of aromatic nitrogens is 1. The van der Waals surface area contributed by atoms with Gasteiger partial charge in [0.25, 0.3) is 0 Å². The Balaban J connectivity index is 1.35. The Hall–Kier alpha value is -4.69. The third-order valence-corrected chi connectivity index (χ3v) is 10.2. The molecule has 0 aliphatic carbocycles. The molecule has 3 unspecified atom stereocenters. The van der Waals surface area contributed by atoms with Gasteiger partial charge in [0.2, 0.25) is 17.7 Å². The van der Waals surface area contributed by atoms with Gasteiger partial charge in [0, 0.05) is 16.5 Å². The van der Waals surface area contributed by atoms with Gasteiger partial charge < -0.3 is 10.1 Å². The van der Waals surface area contributed by atoms with Crippen molar-refractivity contribution in [1.29, 1.82) is 0 Å². The highest BCUT2D eigenvalue weighted by atomic mass is 32.2. The number of fused-ring (bicyclic) bond motifs is 2. The molecular formula is C32H24F3N3O6S2. The normalized spacial score (nSPS) is 19.0. The number of thiazole rings is 1. The molecule has 2 aliphatic heterocycles. The van der Waals surface area contributed by atoms with E-state index in [0.717, 1.165) is 35.2 Å². The lowest BCUT2D eigenvalue weighted by atomic mass is 9.83. The first kappa shape index (κ1) is 31.3. The van der Waals surface area contributed by atoms with Crippen molar-refractivity contribution in [2.75, 3.05) is 16.8 Å². The number of nitrogens with one attached hydrogen (secondary N) is 1. The first-order valence-electron chi connectivity index (χ1n) is 14.1. The number of amides is 3. The smallest absolute Gasteiger partial charge is 0.418 e. The zero-order valence-electron chi connectivity index (χ0n) is 23.9. The molecule has 2 aliphatic rings. The van der Waals surface area contributed by atoms with Gasteiger partial charge in [-0.1, -0.05) is 65.6 Å². The summed E-state index contributed by atoms with van der Waals surface area (Å²) in [5.74, 6) is -4.62. The van der Waals surface area contributed by atoms with Crippen LogP contribution < -0.4 is 15.1 Å². The summed E-state index contributed by atoms with van der Waals surface area (Å²) in [4.78, 5) is 66.7. The van der Waals surface area contributed by atoms with E-state index in [1.165, 1.54) is 41.0 Å². The molecule has 1 aromatic heterocycles. The van der Waals surface area contributed by atoms with Gasteiger partial charge in [0.15, 0.2) is 0 Å². The summed E-state index contributed by atoms with van der Waals surface area (Å²) in [6.07, 6.45) is -4.82. The fraction of sp³-hybridized carbons (Fsp3) is 0.219. The lowest BCUT2D eigenvalue weighted by Gasteiger charge is -2.30. The molecule has 236 valence electrons. The van der Waals surface area contributed by atoms with Crippen LogP contribution in [0.5, 0.6) is 0 Å². The lowest BCUT2D eigenvalue weighted by Crippen LogP contribution is -2.33. The Labute approximate surface area is 268 Å². The molecule has 3 amide bonds. The number of ether oxygens (including phenoxy) is 1. The Morgan fingerprint density at radius 2 is 1.59 bits per heavy atom. The molecule has 3 aromatic carbocycles. The fourth-order valence-corrected chi connectivity index (χ4v) is 8.44. The van der Waals surface area contributed by atoms with E-state index in [-0.39, 0.29) is 6.61 Å². The zero-order chi connectivity index (χ0) is 32.7. The Bertz CT molecular complexity index is 1910. The van der Waals surface area contributed by atoms with Gasteiger partial charge in [-0.15, -0.1) is 0 Å². The summed E-state index contributed by atoms with van der Waals surface area (Å²) in [7, 11) is 0. The van der Waals surface area contributed by atoms with Crippen molar-refractivity contribution in [2.45, 2.75) is 35.8 Å². The molecule has 0 radical (unpaired) electrons. The standard InChI is InChI=1S/C32H24F3N3O6S2/c1-2-44-30(42)18-12-14-19(15-13-18)36-22(39)16-37-29-26(46-31(37)43)23(17-8-4-3-5-9-17)24-25(45-29)28(41)38(27(24)40)21-11-7-6-10-20(21)32(33,34)35/h3-15,23-25H,2,16H2,1H3,(H,36,39). The molecule has 0 saturated carbocycles. The maximum atomic E-state index is 13.9. The van der Waals surface area contributed by atoms with Crippen molar-refractivity contribution < 1.29 is 37.1 Å². The highest BCUT2D eigenvalue weighted by Crippen LogP contribution is 2.54. The van der Waals surface area contributed by atoms with Crippen LogP contribution in [0.15, 0.2) is 88.7 Å². The second-order valence-electron chi connectivity index (χ2n) is 10.4. The summed E-state index contributed by atoms with van der Waals surface area (Å²) < 4.78 is 48.0. The number of thioether (sulfide) groups is 1. The number of imide groups is 1. The van der Waals surface area contributed by atoms with Crippen molar-refractivity contribution in [2.24, 2.45) is 5.92 Å². The molecule has 9 nitrogen and oxygen atoms in total. The summed E-state index contributed by atoms with van der Waals surface area (Å²) in [6.45, 7) is 1.46. The van der Waals surface area contributed by atoms with Gasteiger partial charge >= 0.3 is 17.0 Å². The van der Waals surface area contributed by atoms with E-state index in [9.17, 15) is 37.1 Å². The molecule has 3 heterocycles. The topological polar surface area (TPSA) is 115 Å². The third-order valence-electron chi connectivity index (χ3n) is 7.64. The second-order valence-corrected chi connectivity index (χ2v) is 12.6. The largest absolute Gasteiger partial charge is 0.462 e. The van der Waals surface area contributed by atoms with Crippen LogP contribution in [0.3, 0.4) is 0 Å². The summed E-state index contributed by atoms with van der Waals surface area (Å²) in [6, 6.07) is 19.1. The molecule has 1 saturated heterocycles. The first-order valence-corrected chi connectivity index (χ1v) is 15.8. The number of alkyl halides is 3. The van der Waals surface area contributed by atoms with Crippen LogP contribution in [0.25, 0.3) is 0 Å². The Morgan fingerprint density at radius 3 is 2.26 bits per heavy atom. The number of carbonyl (C=O) groups excluding carboxylic acids is 4. The van der Waals surface area contributed by atoms with Gasteiger partial charge in [-0.05, 0) is 48.9 Å². The average Bonchev–Trinajstić information content (AvgIpc) is 3.47. The quantitative estimate of drug-likeness (QED) is 0.203. The number of rotatable bonds is 7. The van der Waals surface area contributed by atoms with Crippen LogP contribution in [0.2, 0.25) is 0 Å². The second kappa shape index (κ2) is 12.2. The lowest BCUT2D eigenvalue weighted by molar-refractivity contribution is -0.137. The number of halogens is 3. The van der Waals surface area contributed by atoms with Crippen molar-refractivity contribution in [3.05, 3.63) is 110 Å². The van der Waals surface area contributed by atoms with Gasteiger partial charge in [0.1, 0.15) is 11.8 Å². The molecule has 1 fully saturated rings. The van der Waals surface area contributed by atoms with Gasteiger partial charge in [-0.2, -0.15) is 13.2 Å². The predicted molar refractivity (Wildman–Crippen MR) is 165 cm³/mol. The average molecular weight is 668 g/mol. The number of nitrogens with zero attached hydrogens (tertiary/aromatic N) is 2. The van der Waals surface area contributed by atoms with E-state index in [0.29, 0.717) is 31.6 Å².